The highest BCUT2D eigenvalue weighted by Gasteiger charge is 2.04. The molecule has 0 bridgehead atoms. The van der Waals surface area contributed by atoms with Crippen LogP contribution in [0.4, 0.5) is 0 Å². The van der Waals surface area contributed by atoms with E-state index >= 15 is 0 Å². The molecule has 0 aliphatic rings. The van der Waals surface area contributed by atoms with Crippen LogP contribution in [-0.2, 0) is 0 Å². The van der Waals surface area contributed by atoms with Crippen LogP contribution in [0.3, 0.4) is 0 Å². The number of hydrogen-bond acceptors (Lipinski definition) is 2. The smallest absolute Gasteiger partial charge is 0.128 e. The highest BCUT2D eigenvalue weighted by atomic mass is 79.9. The van der Waals surface area contributed by atoms with E-state index in [1.807, 2.05) is 6.07 Å². The van der Waals surface area contributed by atoms with Crippen LogP contribution in [0, 0.1) is 11.3 Å². The maximum absolute atomic E-state index is 8.54. The summed E-state index contributed by atoms with van der Waals surface area (Å²) < 4.78 is 0.884. The lowest BCUT2D eigenvalue weighted by Gasteiger charge is -1.99. The van der Waals surface area contributed by atoms with Crippen molar-refractivity contribution in [1.29, 1.82) is 5.26 Å². The molecule has 1 heterocycles. The average molecular weight is 276 g/mol. The fourth-order valence-corrected chi connectivity index (χ4v) is 1.27. The minimum absolute atomic E-state index is 0.271. The van der Waals surface area contributed by atoms with Crippen molar-refractivity contribution in [3.05, 3.63) is 28.5 Å². The van der Waals surface area contributed by atoms with E-state index in [0.29, 0.717) is 0 Å². The quantitative estimate of drug-likeness (QED) is 0.739. The molecule has 1 aromatic rings. The third-order valence-corrected chi connectivity index (χ3v) is 2.30. The summed E-state index contributed by atoms with van der Waals surface area (Å²) in [5, 5.41) is 8.54. The minimum atomic E-state index is -0.271. The normalized spacial score (nSPS) is 12.1. The number of nitrogens with zero attached hydrogens (tertiary/aromatic N) is 2. The van der Waals surface area contributed by atoms with Gasteiger partial charge < -0.3 is 0 Å². The maximum atomic E-state index is 8.54. The predicted molar refractivity (Wildman–Crippen MR) is 49.2 cm³/mol. The Morgan fingerprint density at radius 2 is 2.27 bits per heavy atom. The largest absolute Gasteiger partial charge is 0.263 e. The van der Waals surface area contributed by atoms with Crippen LogP contribution in [0.25, 0.3) is 0 Å². The Morgan fingerprint density at radius 3 is 2.82 bits per heavy atom. The summed E-state index contributed by atoms with van der Waals surface area (Å²) in [4.78, 5) is 3.65. The number of aromatic nitrogens is 1. The fraction of sp³-hybridized carbons (Fsp3) is 0.143. The molecule has 56 valence electrons. The zero-order valence-corrected chi connectivity index (χ0v) is 8.63. The Morgan fingerprint density at radius 1 is 1.55 bits per heavy atom. The van der Waals surface area contributed by atoms with Gasteiger partial charge in [0.15, 0.2) is 0 Å². The Kier molecular flexibility index (Phi) is 3.03. The molecule has 4 heteroatoms. The first kappa shape index (κ1) is 8.69. The molecule has 1 atom stereocenters. The third-order valence-electron chi connectivity index (χ3n) is 1.13. The van der Waals surface area contributed by atoms with Crippen LogP contribution < -0.4 is 0 Å². The molecule has 0 N–H and O–H groups in total. The summed E-state index contributed by atoms with van der Waals surface area (Å²) in [6.07, 6.45) is 3.34. The summed E-state index contributed by atoms with van der Waals surface area (Å²) >= 11 is 6.46. The first-order valence-electron chi connectivity index (χ1n) is 2.88. The van der Waals surface area contributed by atoms with E-state index in [-0.39, 0.29) is 4.83 Å². The third kappa shape index (κ3) is 2.28. The zero-order chi connectivity index (χ0) is 8.27. The number of pyridine rings is 1. The standard InChI is InChI=1S/C7H4Br2N2/c8-6-1-5(3-11-4-6)7(9)2-10/h1,3-4,7H. The molecule has 0 aromatic carbocycles. The average Bonchev–Trinajstić information content (AvgIpc) is 2.03. The van der Waals surface area contributed by atoms with Crippen molar-refractivity contribution < 1.29 is 0 Å². The molecule has 0 amide bonds. The topological polar surface area (TPSA) is 36.7 Å². The molecule has 11 heavy (non-hydrogen) atoms. The van der Waals surface area contributed by atoms with Gasteiger partial charge in [0.2, 0.25) is 0 Å². The van der Waals surface area contributed by atoms with E-state index in [9.17, 15) is 0 Å². The van der Waals surface area contributed by atoms with Gasteiger partial charge in [-0.1, -0.05) is 15.9 Å². The van der Waals surface area contributed by atoms with Crippen LogP contribution in [0.2, 0.25) is 0 Å². The molecule has 0 spiro atoms. The van der Waals surface area contributed by atoms with Crippen molar-refractivity contribution in [3.63, 3.8) is 0 Å². The van der Waals surface area contributed by atoms with Gasteiger partial charge in [-0.15, -0.1) is 0 Å². The van der Waals surface area contributed by atoms with E-state index in [0.717, 1.165) is 10.0 Å². The van der Waals surface area contributed by atoms with E-state index in [2.05, 4.69) is 42.9 Å². The molecule has 0 saturated carbocycles. The minimum Gasteiger partial charge on any atom is -0.263 e. The van der Waals surface area contributed by atoms with Gasteiger partial charge in [-0.3, -0.25) is 4.98 Å². The van der Waals surface area contributed by atoms with Crippen molar-refractivity contribution in [2.24, 2.45) is 0 Å². The SMILES string of the molecule is N#CC(Br)c1cncc(Br)c1. The second-order valence-corrected chi connectivity index (χ2v) is 3.76. The van der Waals surface area contributed by atoms with Crippen LogP contribution in [-0.4, -0.2) is 4.98 Å². The second kappa shape index (κ2) is 3.84. The molecule has 1 rings (SSSR count). The Balaban J connectivity index is 2.98. The van der Waals surface area contributed by atoms with Gasteiger partial charge in [0, 0.05) is 16.9 Å². The van der Waals surface area contributed by atoms with Gasteiger partial charge >= 0.3 is 0 Å². The predicted octanol–water partition coefficient (Wildman–Crippen LogP) is 2.80. The number of rotatable bonds is 1. The summed E-state index contributed by atoms with van der Waals surface area (Å²) in [5.41, 5.74) is 0.863. The molecule has 0 saturated heterocycles. The van der Waals surface area contributed by atoms with E-state index in [1.54, 1.807) is 12.4 Å². The first-order valence-corrected chi connectivity index (χ1v) is 4.59. The van der Waals surface area contributed by atoms with Crippen molar-refractivity contribution in [2.75, 3.05) is 0 Å². The van der Waals surface area contributed by atoms with Crippen molar-refractivity contribution in [1.82, 2.24) is 4.98 Å². The van der Waals surface area contributed by atoms with Crippen LogP contribution in [0.1, 0.15) is 10.4 Å². The molecule has 0 radical (unpaired) electrons. The Bertz CT molecular complexity index is 293. The fourth-order valence-electron chi connectivity index (χ4n) is 0.641. The molecule has 0 aliphatic carbocycles. The monoisotopic (exact) mass is 274 g/mol. The summed E-state index contributed by atoms with van der Waals surface area (Å²) in [7, 11) is 0. The number of hydrogen-bond donors (Lipinski definition) is 0. The summed E-state index contributed by atoms with van der Waals surface area (Å²) in [5.74, 6) is 0. The van der Waals surface area contributed by atoms with Gasteiger partial charge in [-0.2, -0.15) is 5.26 Å². The zero-order valence-electron chi connectivity index (χ0n) is 5.46. The molecular weight excluding hydrogens is 272 g/mol. The van der Waals surface area contributed by atoms with Crippen molar-refractivity contribution >= 4 is 31.9 Å². The summed E-state index contributed by atoms with van der Waals surface area (Å²) in [6.45, 7) is 0. The molecule has 1 aromatic heterocycles. The molecule has 0 fully saturated rings. The Labute approximate surface area is 81.5 Å². The van der Waals surface area contributed by atoms with Crippen molar-refractivity contribution in [3.8, 4) is 6.07 Å². The molecule has 1 unspecified atom stereocenters. The first-order chi connectivity index (χ1) is 5.24. The highest BCUT2D eigenvalue weighted by molar-refractivity contribution is 9.10. The lowest BCUT2D eigenvalue weighted by atomic mass is 10.2. The van der Waals surface area contributed by atoms with Crippen LogP contribution >= 0.6 is 31.9 Å². The second-order valence-electron chi connectivity index (χ2n) is 1.93. The highest BCUT2D eigenvalue weighted by Crippen LogP contribution is 2.22. The molecular formula is C7H4Br2N2. The molecule has 2 nitrogen and oxygen atoms in total. The van der Waals surface area contributed by atoms with Crippen LogP contribution in [0.5, 0.6) is 0 Å². The van der Waals surface area contributed by atoms with Gasteiger partial charge in [-0.25, -0.2) is 0 Å². The van der Waals surface area contributed by atoms with Gasteiger partial charge in [0.1, 0.15) is 4.83 Å². The molecule has 0 aliphatic heterocycles. The maximum Gasteiger partial charge on any atom is 0.128 e. The van der Waals surface area contributed by atoms with Crippen LogP contribution in [0.15, 0.2) is 22.9 Å². The Hall–Kier alpha value is -0.400. The van der Waals surface area contributed by atoms with Crippen molar-refractivity contribution in [2.45, 2.75) is 4.83 Å². The van der Waals surface area contributed by atoms with Gasteiger partial charge in [0.05, 0.1) is 6.07 Å². The number of nitriles is 1. The lowest BCUT2D eigenvalue weighted by molar-refractivity contribution is 1.17. The van der Waals surface area contributed by atoms with E-state index < -0.39 is 0 Å². The number of alkyl halides is 1. The van der Waals surface area contributed by atoms with Gasteiger partial charge in [-0.05, 0) is 27.6 Å². The summed E-state index contributed by atoms with van der Waals surface area (Å²) in [6, 6.07) is 3.92. The van der Waals surface area contributed by atoms with Gasteiger partial charge in [0.25, 0.3) is 0 Å². The van der Waals surface area contributed by atoms with E-state index in [4.69, 9.17) is 5.26 Å². The van der Waals surface area contributed by atoms with E-state index in [1.165, 1.54) is 0 Å². The number of halogens is 2. The lowest BCUT2D eigenvalue weighted by Crippen LogP contribution is -1.86.